The molecule has 1 heterocycles. The van der Waals surface area contributed by atoms with Crippen molar-refractivity contribution in [2.45, 2.75) is 32.6 Å². The molecule has 0 aromatic rings. The fourth-order valence-electron chi connectivity index (χ4n) is 2.75. The summed E-state index contributed by atoms with van der Waals surface area (Å²) in [6.07, 6.45) is 4.16. The third-order valence-electron chi connectivity index (χ3n) is 4.09. The summed E-state index contributed by atoms with van der Waals surface area (Å²) in [4.78, 5) is 13.3. The zero-order chi connectivity index (χ0) is 11.6. The Labute approximate surface area is 96.6 Å². The smallest absolute Gasteiger partial charge is 0.409 e. The molecule has 0 bridgehead atoms. The average molecular weight is 227 g/mol. The second-order valence-corrected chi connectivity index (χ2v) is 4.98. The molecule has 1 aliphatic heterocycles. The van der Waals surface area contributed by atoms with Crippen molar-refractivity contribution in [3.8, 4) is 0 Å². The van der Waals surface area contributed by atoms with E-state index >= 15 is 0 Å². The highest BCUT2D eigenvalue weighted by Crippen LogP contribution is 2.54. The van der Waals surface area contributed by atoms with Gasteiger partial charge >= 0.3 is 6.09 Å². The molecule has 1 N–H and O–H groups in total. The Kier molecular flexibility index (Phi) is 3.38. The van der Waals surface area contributed by atoms with Crippen molar-refractivity contribution in [1.82, 2.24) is 4.90 Å². The van der Waals surface area contributed by atoms with Crippen LogP contribution < -0.4 is 0 Å². The molecule has 16 heavy (non-hydrogen) atoms. The van der Waals surface area contributed by atoms with Gasteiger partial charge in [-0.15, -0.1) is 0 Å². The lowest BCUT2D eigenvalue weighted by atomic mass is 9.82. The second kappa shape index (κ2) is 4.62. The molecule has 1 saturated carbocycles. The van der Waals surface area contributed by atoms with Crippen molar-refractivity contribution >= 4 is 6.09 Å². The molecule has 2 fully saturated rings. The molecule has 2 aliphatic rings. The molecule has 1 aliphatic carbocycles. The van der Waals surface area contributed by atoms with Crippen LogP contribution in [0.3, 0.4) is 0 Å². The van der Waals surface area contributed by atoms with E-state index in [1.54, 1.807) is 4.90 Å². The van der Waals surface area contributed by atoms with E-state index in [1.807, 2.05) is 6.92 Å². The fraction of sp³-hybridized carbons (Fsp3) is 0.917. The first-order valence-electron chi connectivity index (χ1n) is 6.24. The number of rotatable bonds is 3. The lowest BCUT2D eigenvalue weighted by Gasteiger charge is -2.35. The number of carbonyl (C=O) groups is 1. The Morgan fingerprint density at radius 3 is 2.50 bits per heavy atom. The molecule has 0 radical (unpaired) electrons. The maximum absolute atomic E-state index is 11.5. The quantitative estimate of drug-likeness (QED) is 0.797. The van der Waals surface area contributed by atoms with Crippen molar-refractivity contribution in [2.24, 2.45) is 11.3 Å². The summed E-state index contributed by atoms with van der Waals surface area (Å²) in [5, 5.41) is 9.36. The number of aliphatic hydroxyl groups excluding tert-OH is 1. The molecule has 0 atom stereocenters. The molecule has 0 aromatic heterocycles. The van der Waals surface area contributed by atoms with Gasteiger partial charge in [0, 0.05) is 19.7 Å². The maximum atomic E-state index is 11.5. The van der Waals surface area contributed by atoms with Gasteiger partial charge in [-0.1, -0.05) is 0 Å². The normalized spacial score (nSPS) is 24.2. The minimum atomic E-state index is -0.185. The van der Waals surface area contributed by atoms with Gasteiger partial charge in [-0.25, -0.2) is 4.79 Å². The number of aliphatic hydroxyl groups is 1. The lowest BCUT2D eigenvalue weighted by molar-refractivity contribution is 0.0681. The molecule has 4 nitrogen and oxygen atoms in total. The van der Waals surface area contributed by atoms with Crippen molar-refractivity contribution in [1.29, 1.82) is 0 Å². The summed E-state index contributed by atoms with van der Waals surface area (Å²) < 4.78 is 4.98. The van der Waals surface area contributed by atoms with E-state index in [0.29, 0.717) is 19.1 Å². The van der Waals surface area contributed by atoms with E-state index in [9.17, 15) is 9.90 Å². The molecular weight excluding hydrogens is 206 g/mol. The summed E-state index contributed by atoms with van der Waals surface area (Å²) >= 11 is 0. The molecular formula is C12H21NO3. The Balaban J connectivity index is 1.80. The van der Waals surface area contributed by atoms with E-state index in [2.05, 4.69) is 0 Å². The number of hydrogen-bond acceptors (Lipinski definition) is 3. The van der Waals surface area contributed by atoms with Crippen molar-refractivity contribution in [3.63, 3.8) is 0 Å². The standard InChI is InChI=1S/C12H21NO3/c1-2-16-11(15)13-7-3-10(4-8-13)12(9-14)5-6-12/h10,14H,2-9H2,1H3. The monoisotopic (exact) mass is 227 g/mol. The molecule has 2 rings (SSSR count). The molecule has 1 amide bonds. The van der Waals surface area contributed by atoms with Crippen LogP contribution in [0.1, 0.15) is 32.6 Å². The number of likely N-dealkylation sites (tertiary alicyclic amines) is 1. The highest BCUT2D eigenvalue weighted by Gasteiger charge is 2.49. The van der Waals surface area contributed by atoms with Crippen LogP contribution >= 0.6 is 0 Å². The number of amides is 1. The van der Waals surface area contributed by atoms with Crippen LogP contribution in [0, 0.1) is 11.3 Å². The lowest BCUT2D eigenvalue weighted by Crippen LogP contribution is -2.41. The van der Waals surface area contributed by atoms with Crippen LogP contribution in [-0.4, -0.2) is 42.4 Å². The van der Waals surface area contributed by atoms with Gasteiger partial charge in [0.15, 0.2) is 0 Å². The summed E-state index contributed by atoms with van der Waals surface area (Å²) in [5.74, 6) is 0.600. The average Bonchev–Trinajstić information content (AvgIpc) is 3.10. The van der Waals surface area contributed by atoms with Crippen molar-refractivity contribution in [2.75, 3.05) is 26.3 Å². The highest BCUT2D eigenvalue weighted by molar-refractivity contribution is 5.67. The predicted octanol–water partition coefficient (Wildman–Crippen LogP) is 1.63. The number of hydrogen-bond donors (Lipinski definition) is 1. The zero-order valence-corrected chi connectivity index (χ0v) is 9.95. The van der Waals surface area contributed by atoms with Gasteiger partial charge < -0.3 is 14.7 Å². The first kappa shape index (κ1) is 11.7. The van der Waals surface area contributed by atoms with Crippen molar-refractivity contribution < 1.29 is 14.6 Å². The van der Waals surface area contributed by atoms with Crippen molar-refractivity contribution in [3.05, 3.63) is 0 Å². The van der Waals surface area contributed by atoms with Gasteiger partial charge in [0.2, 0.25) is 0 Å². The largest absolute Gasteiger partial charge is 0.450 e. The van der Waals surface area contributed by atoms with Gasteiger partial charge in [0.1, 0.15) is 0 Å². The summed E-state index contributed by atoms with van der Waals surface area (Å²) in [7, 11) is 0. The molecule has 1 saturated heterocycles. The van der Waals surface area contributed by atoms with Crippen LogP contribution in [0.25, 0.3) is 0 Å². The number of nitrogens with zero attached hydrogens (tertiary/aromatic N) is 1. The minimum absolute atomic E-state index is 0.185. The van der Waals surface area contributed by atoms with E-state index in [0.717, 1.165) is 38.8 Å². The Hall–Kier alpha value is -0.770. The Morgan fingerprint density at radius 2 is 2.06 bits per heavy atom. The van der Waals surface area contributed by atoms with E-state index in [4.69, 9.17) is 4.74 Å². The fourth-order valence-corrected chi connectivity index (χ4v) is 2.75. The third-order valence-corrected chi connectivity index (χ3v) is 4.09. The summed E-state index contributed by atoms with van der Waals surface area (Å²) in [6, 6.07) is 0. The molecule has 4 heteroatoms. The van der Waals surface area contributed by atoms with Gasteiger partial charge in [-0.05, 0) is 43.9 Å². The van der Waals surface area contributed by atoms with Gasteiger partial charge in [-0.3, -0.25) is 0 Å². The predicted molar refractivity (Wildman–Crippen MR) is 60.1 cm³/mol. The van der Waals surface area contributed by atoms with Crippen LogP contribution in [0.5, 0.6) is 0 Å². The van der Waals surface area contributed by atoms with Crippen LogP contribution in [0.4, 0.5) is 4.79 Å². The molecule has 0 spiro atoms. The van der Waals surface area contributed by atoms with Gasteiger partial charge in [0.05, 0.1) is 6.61 Å². The first-order chi connectivity index (χ1) is 7.72. The molecule has 0 unspecified atom stereocenters. The number of carbonyl (C=O) groups excluding carboxylic acids is 1. The van der Waals surface area contributed by atoms with Crippen LogP contribution in [0.2, 0.25) is 0 Å². The van der Waals surface area contributed by atoms with Crippen LogP contribution in [0.15, 0.2) is 0 Å². The Morgan fingerprint density at radius 1 is 1.44 bits per heavy atom. The van der Waals surface area contributed by atoms with E-state index < -0.39 is 0 Å². The zero-order valence-electron chi connectivity index (χ0n) is 9.95. The highest BCUT2D eigenvalue weighted by atomic mass is 16.6. The first-order valence-corrected chi connectivity index (χ1v) is 6.24. The minimum Gasteiger partial charge on any atom is -0.450 e. The number of ether oxygens (including phenoxy) is 1. The Bertz CT molecular complexity index is 255. The summed E-state index contributed by atoms with van der Waals surface area (Å²) in [5.41, 5.74) is 0.209. The summed E-state index contributed by atoms with van der Waals surface area (Å²) in [6.45, 7) is 4.16. The maximum Gasteiger partial charge on any atom is 0.409 e. The second-order valence-electron chi connectivity index (χ2n) is 4.98. The SMILES string of the molecule is CCOC(=O)N1CCC(C2(CO)CC2)CC1. The van der Waals surface area contributed by atoms with E-state index in [-0.39, 0.29) is 11.5 Å². The van der Waals surface area contributed by atoms with E-state index in [1.165, 1.54) is 0 Å². The van der Waals surface area contributed by atoms with Crippen LogP contribution in [-0.2, 0) is 4.74 Å². The van der Waals surface area contributed by atoms with Gasteiger partial charge in [-0.2, -0.15) is 0 Å². The molecule has 92 valence electrons. The molecule has 0 aromatic carbocycles. The topological polar surface area (TPSA) is 49.8 Å². The van der Waals surface area contributed by atoms with Gasteiger partial charge in [0.25, 0.3) is 0 Å². The number of piperidine rings is 1. The third kappa shape index (κ3) is 2.17.